The molecule has 2 heterocycles. The third-order valence-electron chi connectivity index (χ3n) is 3.19. The molecule has 3 heteroatoms. The number of nitrogens with zero attached hydrogens (tertiary/aromatic N) is 2. The Hall–Kier alpha value is -0.830. The second-order valence-corrected chi connectivity index (χ2v) is 5.17. The minimum atomic E-state index is 1.14. The number of hydrogen-bond acceptors (Lipinski definition) is 2. The number of aryl methyl sites for hydroxylation is 4. The van der Waals surface area contributed by atoms with Crippen molar-refractivity contribution in [3.8, 4) is 0 Å². The van der Waals surface area contributed by atoms with Gasteiger partial charge in [-0.3, -0.25) is 0 Å². The van der Waals surface area contributed by atoms with Crippen molar-refractivity contribution in [2.75, 3.05) is 0 Å². The van der Waals surface area contributed by atoms with Crippen molar-refractivity contribution in [2.24, 2.45) is 7.05 Å². The first-order chi connectivity index (χ1) is 6.77. The van der Waals surface area contributed by atoms with Gasteiger partial charge in [-0.05, 0) is 38.2 Å². The van der Waals surface area contributed by atoms with E-state index in [2.05, 4.69) is 23.5 Å². The maximum absolute atomic E-state index is 4.66. The molecule has 0 aliphatic heterocycles. The molecule has 0 saturated carbocycles. The van der Waals surface area contributed by atoms with Crippen molar-refractivity contribution in [2.45, 2.75) is 32.6 Å². The molecule has 0 saturated heterocycles. The van der Waals surface area contributed by atoms with Crippen LogP contribution in [-0.2, 0) is 19.9 Å². The van der Waals surface area contributed by atoms with E-state index in [0.717, 1.165) is 5.82 Å². The molecule has 2 aromatic rings. The van der Waals surface area contributed by atoms with Crippen LogP contribution in [0.5, 0.6) is 0 Å². The van der Waals surface area contributed by atoms with E-state index in [1.807, 2.05) is 11.3 Å². The third kappa shape index (κ3) is 0.989. The first-order valence-corrected chi connectivity index (χ1v) is 6.02. The van der Waals surface area contributed by atoms with Gasteiger partial charge in [-0.25, -0.2) is 4.98 Å². The molecule has 0 spiro atoms. The average molecular weight is 206 g/mol. The highest BCUT2D eigenvalue weighted by Crippen LogP contribution is 2.35. The molecule has 2 aromatic heterocycles. The Morgan fingerprint density at radius 2 is 2.07 bits per heavy atom. The molecule has 0 unspecified atom stereocenters. The lowest BCUT2D eigenvalue weighted by Crippen LogP contribution is -1.98. The van der Waals surface area contributed by atoms with Crippen LogP contribution in [0, 0.1) is 6.92 Å². The number of hydrogen-bond donors (Lipinski definition) is 0. The SMILES string of the molecule is Cc1nc2c3c(sc2n1C)CCCC3. The van der Waals surface area contributed by atoms with Crippen molar-refractivity contribution in [1.29, 1.82) is 0 Å². The van der Waals surface area contributed by atoms with Crippen LogP contribution in [0.4, 0.5) is 0 Å². The highest BCUT2D eigenvalue weighted by Gasteiger charge is 2.19. The molecule has 3 rings (SSSR count). The summed E-state index contributed by atoms with van der Waals surface area (Å²) in [6, 6.07) is 0. The average Bonchev–Trinajstić information content (AvgIpc) is 2.67. The maximum atomic E-state index is 4.66. The summed E-state index contributed by atoms with van der Waals surface area (Å²) in [5, 5.41) is 0. The lowest BCUT2D eigenvalue weighted by Gasteiger charge is -2.09. The topological polar surface area (TPSA) is 17.8 Å². The summed E-state index contributed by atoms with van der Waals surface area (Å²) in [5.41, 5.74) is 2.82. The minimum Gasteiger partial charge on any atom is -0.323 e. The summed E-state index contributed by atoms with van der Waals surface area (Å²) in [4.78, 5) is 7.62. The van der Waals surface area contributed by atoms with E-state index in [1.54, 1.807) is 10.4 Å². The molecule has 2 nitrogen and oxygen atoms in total. The van der Waals surface area contributed by atoms with Crippen LogP contribution >= 0.6 is 11.3 Å². The molecule has 0 amide bonds. The molecule has 0 aromatic carbocycles. The number of aromatic nitrogens is 2. The van der Waals surface area contributed by atoms with Gasteiger partial charge >= 0.3 is 0 Å². The molecule has 0 atom stereocenters. The number of fused-ring (bicyclic) bond motifs is 3. The maximum Gasteiger partial charge on any atom is 0.123 e. The Morgan fingerprint density at radius 3 is 2.93 bits per heavy atom. The van der Waals surface area contributed by atoms with Crippen LogP contribution in [0.2, 0.25) is 0 Å². The Labute approximate surface area is 87.6 Å². The highest BCUT2D eigenvalue weighted by atomic mass is 32.1. The zero-order valence-electron chi connectivity index (χ0n) is 8.63. The van der Waals surface area contributed by atoms with Gasteiger partial charge in [-0.1, -0.05) is 0 Å². The molecular formula is C11H14N2S. The molecule has 1 aliphatic carbocycles. The minimum absolute atomic E-state index is 1.14. The van der Waals surface area contributed by atoms with Gasteiger partial charge in [0.05, 0.1) is 0 Å². The van der Waals surface area contributed by atoms with Gasteiger partial charge in [0, 0.05) is 11.9 Å². The molecule has 74 valence electrons. The van der Waals surface area contributed by atoms with Crippen molar-refractivity contribution < 1.29 is 0 Å². The van der Waals surface area contributed by atoms with Crippen LogP contribution in [0.15, 0.2) is 0 Å². The van der Waals surface area contributed by atoms with Crippen LogP contribution in [-0.4, -0.2) is 9.55 Å². The zero-order chi connectivity index (χ0) is 9.71. The van der Waals surface area contributed by atoms with Crippen molar-refractivity contribution in [3.63, 3.8) is 0 Å². The Balaban J connectivity index is 2.34. The fourth-order valence-electron chi connectivity index (χ4n) is 2.26. The highest BCUT2D eigenvalue weighted by molar-refractivity contribution is 7.18. The molecule has 14 heavy (non-hydrogen) atoms. The van der Waals surface area contributed by atoms with Gasteiger partial charge < -0.3 is 4.57 Å². The smallest absolute Gasteiger partial charge is 0.123 e. The van der Waals surface area contributed by atoms with Crippen LogP contribution in [0.25, 0.3) is 10.3 Å². The van der Waals surface area contributed by atoms with E-state index < -0.39 is 0 Å². The van der Waals surface area contributed by atoms with Crippen LogP contribution in [0.1, 0.15) is 29.1 Å². The van der Waals surface area contributed by atoms with E-state index in [9.17, 15) is 0 Å². The summed E-state index contributed by atoms with van der Waals surface area (Å²) in [6.45, 7) is 2.09. The molecule has 0 fully saturated rings. The van der Waals surface area contributed by atoms with Gasteiger partial charge in [-0.2, -0.15) is 0 Å². The first kappa shape index (κ1) is 8.48. The molecule has 0 N–H and O–H groups in total. The molecule has 0 radical (unpaired) electrons. The van der Waals surface area contributed by atoms with Crippen LogP contribution in [0.3, 0.4) is 0 Å². The number of thiophene rings is 1. The molecule has 1 aliphatic rings. The monoisotopic (exact) mass is 206 g/mol. The Bertz CT molecular complexity index is 493. The second-order valence-electron chi connectivity index (χ2n) is 4.08. The largest absolute Gasteiger partial charge is 0.323 e. The summed E-state index contributed by atoms with van der Waals surface area (Å²) in [5.74, 6) is 1.14. The predicted octanol–water partition coefficient (Wildman–Crippen LogP) is 2.82. The van der Waals surface area contributed by atoms with Gasteiger partial charge in [-0.15, -0.1) is 11.3 Å². The summed E-state index contributed by atoms with van der Waals surface area (Å²) in [6.07, 6.45) is 5.22. The van der Waals surface area contributed by atoms with E-state index in [0.29, 0.717) is 0 Å². The van der Waals surface area contributed by atoms with Crippen LogP contribution < -0.4 is 0 Å². The summed E-state index contributed by atoms with van der Waals surface area (Å²) < 4.78 is 2.22. The fourth-order valence-corrected chi connectivity index (χ4v) is 3.60. The Kier molecular flexibility index (Phi) is 1.71. The van der Waals surface area contributed by atoms with Gasteiger partial charge in [0.15, 0.2) is 0 Å². The molecular weight excluding hydrogens is 192 g/mol. The van der Waals surface area contributed by atoms with Gasteiger partial charge in [0.25, 0.3) is 0 Å². The predicted molar refractivity (Wildman–Crippen MR) is 60.0 cm³/mol. The second kappa shape index (κ2) is 2.83. The van der Waals surface area contributed by atoms with Gasteiger partial charge in [0.1, 0.15) is 16.2 Å². The van der Waals surface area contributed by atoms with E-state index in [-0.39, 0.29) is 0 Å². The number of imidazole rings is 1. The summed E-state index contributed by atoms with van der Waals surface area (Å²) >= 11 is 1.95. The summed E-state index contributed by atoms with van der Waals surface area (Å²) in [7, 11) is 2.12. The van der Waals surface area contributed by atoms with E-state index in [4.69, 9.17) is 0 Å². The fraction of sp³-hybridized carbons (Fsp3) is 0.545. The quantitative estimate of drug-likeness (QED) is 0.648. The van der Waals surface area contributed by atoms with E-state index >= 15 is 0 Å². The number of rotatable bonds is 0. The standard InChI is InChI=1S/C11H14N2S/c1-7-12-10-8-5-3-4-6-9(8)14-11(10)13(7)2/h3-6H2,1-2H3. The lowest BCUT2D eigenvalue weighted by atomic mass is 9.99. The van der Waals surface area contributed by atoms with Crippen molar-refractivity contribution in [1.82, 2.24) is 9.55 Å². The molecule has 0 bridgehead atoms. The third-order valence-corrected chi connectivity index (χ3v) is 4.55. The Morgan fingerprint density at radius 1 is 1.29 bits per heavy atom. The van der Waals surface area contributed by atoms with Crippen molar-refractivity contribution >= 4 is 21.7 Å². The normalized spacial score (nSPS) is 16.1. The lowest BCUT2D eigenvalue weighted by molar-refractivity contribution is 0.699. The first-order valence-electron chi connectivity index (χ1n) is 5.21. The van der Waals surface area contributed by atoms with E-state index in [1.165, 1.54) is 36.0 Å². The zero-order valence-corrected chi connectivity index (χ0v) is 9.45. The van der Waals surface area contributed by atoms with Gasteiger partial charge in [0.2, 0.25) is 0 Å². The van der Waals surface area contributed by atoms with Crippen molar-refractivity contribution in [3.05, 3.63) is 16.3 Å².